The van der Waals surface area contributed by atoms with Crippen molar-refractivity contribution in [2.24, 2.45) is 0 Å². The molecule has 6 heteroatoms. The molecule has 3 rings (SSSR count). The van der Waals surface area contributed by atoms with Gasteiger partial charge in [-0.1, -0.05) is 23.7 Å². The summed E-state index contributed by atoms with van der Waals surface area (Å²) in [5.74, 6) is 1.59. The summed E-state index contributed by atoms with van der Waals surface area (Å²) in [6, 6.07) is 13.5. The maximum absolute atomic E-state index is 6.05. The zero-order chi connectivity index (χ0) is 19.2. The Balaban J connectivity index is 1.60. The Bertz CT molecular complexity index is 893. The third-order valence-electron chi connectivity index (χ3n) is 4.19. The summed E-state index contributed by atoms with van der Waals surface area (Å²) in [6.07, 6.45) is 0.829. The molecule has 0 spiro atoms. The van der Waals surface area contributed by atoms with E-state index < -0.39 is 0 Å². The summed E-state index contributed by atoms with van der Waals surface area (Å²) in [5.41, 5.74) is 3.11. The van der Waals surface area contributed by atoms with Gasteiger partial charge in [-0.2, -0.15) is 0 Å². The van der Waals surface area contributed by atoms with E-state index in [1.54, 1.807) is 25.6 Å². The maximum Gasteiger partial charge on any atom is 0.130 e. The van der Waals surface area contributed by atoms with Gasteiger partial charge in [0.25, 0.3) is 0 Å². The second-order valence-corrected chi connectivity index (χ2v) is 7.54. The molecule has 0 radical (unpaired) electrons. The van der Waals surface area contributed by atoms with E-state index in [2.05, 4.69) is 0 Å². The molecule has 0 aliphatic heterocycles. The molecule has 3 aromatic rings. The minimum Gasteiger partial charge on any atom is -0.497 e. The van der Waals surface area contributed by atoms with Gasteiger partial charge in [0.15, 0.2) is 0 Å². The standard InChI is InChI=1S/C21H22ClNO3S/c1-14-20(10-11-26-13-15-4-7-17(24-2)8-5-15)27-21(23-14)18-9-6-16(22)12-19(18)25-3/h4-9,12H,10-11,13H2,1-3H3. The molecule has 0 unspecified atom stereocenters. The molecule has 0 saturated heterocycles. The largest absolute Gasteiger partial charge is 0.497 e. The highest BCUT2D eigenvalue weighted by Crippen LogP contribution is 2.36. The number of nitrogens with zero attached hydrogens (tertiary/aromatic N) is 1. The summed E-state index contributed by atoms with van der Waals surface area (Å²) in [5, 5.41) is 1.59. The molecule has 27 heavy (non-hydrogen) atoms. The van der Waals surface area contributed by atoms with Crippen LogP contribution in [0.25, 0.3) is 10.6 Å². The van der Waals surface area contributed by atoms with Gasteiger partial charge in [-0.25, -0.2) is 4.98 Å². The third kappa shape index (κ3) is 5.01. The Morgan fingerprint density at radius 3 is 2.52 bits per heavy atom. The van der Waals surface area contributed by atoms with E-state index in [9.17, 15) is 0 Å². The molecule has 4 nitrogen and oxygen atoms in total. The number of hydrogen-bond acceptors (Lipinski definition) is 5. The second-order valence-electron chi connectivity index (χ2n) is 6.02. The summed E-state index contributed by atoms with van der Waals surface area (Å²) in [7, 11) is 3.31. The van der Waals surface area contributed by atoms with E-state index in [4.69, 9.17) is 30.8 Å². The Hall–Kier alpha value is -2.08. The van der Waals surface area contributed by atoms with Crippen molar-refractivity contribution in [2.75, 3.05) is 20.8 Å². The highest BCUT2D eigenvalue weighted by molar-refractivity contribution is 7.15. The Morgan fingerprint density at radius 2 is 1.81 bits per heavy atom. The number of aromatic nitrogens is 1. The number of halogens is 1. The van der Waals surface area contributed by atoms with Crippen LogP contribution in [0.5, 0.6) is 11.5 Å². The molecule has 0 N–H and O–H groups in total. The predicted octanol–water partition coefficient (Wildman–Crippen LogP) is 5.55. The van der Waals surface area contributed by atoms with Gasteiger partial charge < -0.3 is 14.2 Å². The normalized spacial score (nSPS) is 10.8. The summed E-state index contributed by atoms with van der Waals surface area (Å²) < 4.78 is 16.4. The first-order valence-electron chi connectivity index (χ1n) is 8.61. The van der Waals surface area contributed by atoms with Crippen molar-refractivity contribution in [3.05, 3.63) is 63.6 Å². The van der Waals surface area contributed by atoms with E-state index in [0.717, 1.165) is 39.7 Å². The molecule has 142 valence electrons. The number of benzene rings is 2. The molecule has 1 aromatic heterocycles. The Labute approximate surface area is 168 Å². The van der Waals surface area contributed by atoms with E-state index in [1.807, 2.05) is 49.4 Å². The summed E-state index contributed by atoms with van der Waals surface area (Å²) in [6.45, 7) is 3.26. The molecule has 0 saturated carbocycles. The lowest BCUT2D eigenvalue weighted by molar-refractivity contribution is 0.124. The van der Waals surface area contributed by atoms with Crippen LogP contribution < -0.4 is 9.47 Å². The minimum absolute atomic E-state index is 0.583. The van der Waals surface area contributed by atoms with Gasteiger partial charge in [0.2, 0.25) is 0 Å². The van der Waals surface area contributed by atoms with Crippen molar-refractivity contribution in [2.45, 2.75) is 20.0 Å². The Kier molecular flexibility index (Phi) is 6.72. The number of thiazole rings is 1. The monoisotopic (exact) mass is 403 g/mol. The topological polar surface area (TPSA) is 40.6 Å². The molecular weight excluding hydrogens is 382 g/mol. The number of ether oxygens (including phenoxy) is 3. The quantitative estimate of drug-likeness (QED) is 0.462. The molecule has 0 aliphatic rings. The number of aryl methyl sites for hydroxylation is 1. The van der Waals surface area contributed by atoms with Crippen LogP contribution in [0.4, 0.5) is 0 Å². The van der Waals surface area contributed by atoms with Crippen LogP contribution in [0.15, 0.2) is 42.5 Å². The highest BCUT2D eigenvalue weighted by atomic mass is 35.5. The summed E-state index contributed by atoms with van der Waals surface area (Å²) >= 11 is 7.72. The van der Waals surface area contributed by atoms with E-state index >= 15 is 0 Å². The molecule has 1 heterocycles. The van der Waals surface area contributed by atoms with Gasteiger partial charge in [-0.05, 0) is 42.8 Å². The average Bonchev–Trinajstić information content (AvgIpc) is 3.06. The molecule has 2 aromatic carbocycles. The SMILES string of the molecule is COc1ccc(COCCc2sc(-c3ccc(Cl)cc3OC)nc2C)cc1. The zero-order valence-corrected chi connectivity index (χ0v) is 17.2. The number of hydrogen-bond donors (Lipinski definition) is 0. The van der Waals surface area contributed by atoms with Crippen LogP contribution in [-0.4, -0.2) is 25.8 Å². The van der Waals surface area contributed by atoms with Crippen molar-refractivity contribution < 1.29 is 14.2 Å². The summed E-state index contributed by atoms with van der Waals surface area (Å²) in [4.78, 5) is 5.92. The number of methoxy groups -OCH3 is 2. The lowest BCUT2D eigenvalue weighted by Crippen LogP contribution is -1.99. The molecule has 0 amide bonds. The fraction of sp³-hybridized carbons (Fsp3) is 0.286. The first-order chi connectivity index (χ1) is 13.1. The lowest BCUT2D eigenvalue weighted by Gasteiger charge is -2.06. The van der Waals surface area contributed by atoms with Crippen LogP contribution in [0.3, 0.4) is 0 Å². The van der Waals surface area contributed by atoms with E-state index in [0.29, 0.717) is 18.2 Å². The lowest BCUT2D eigenvalue weighted by atomic mass is 10.2. The van der Waals surface area contributed by atoms with Crippen LogP contribution in [-0.2, 0) is 17.8 Å². The van der Waals surface area contributed by atoms with Crippen molar-refractivity contribution in [1.82, 2.24) is 4.98 Å². The Morgan fingerprint density at radius 1 is 1.04 bits per heavy atom. The molecule has 0 fully saturated rings. The molecule has 0 atom stereocenters. The number of rotatable bonds is 8. The minimum atomic E-state index is 0.583. The van der Waals surface area contributed by atoms with Gasteiger partial charge in [-0.3, -0.25) is 0 Å². The van der Waals surface area contributed by atoms with Crippen molar-refractivity contribution in [3.63, 3.8) is 0 Å². The van der Waals surface area contributed by atoms with Gasteiger partial charge in [0.1, 0.15) is 16.5 Å². The average molecular weight is 404 g/mol. The van der Waals surface area contributed by atoms with Gasteiger partial charge in [0.05, 0.1) is 38.7 Å². The van der Waals surface area contributed by atoms with Crippen molar-refractivity contribution in [1.29, 1.82) is 0 Å². The molecule has 0 aliphatic carbocycles. The maximum atomic E-state index is 6.05. The second kappa shape index (κ2) is 9.22. The van der Waals surface area contributed by atoms with Crippen LogP contribution >= 0.6 is 22.9 Å². The van der Waals surface area contributed by atoms with E-state index in [-0.39, 0.29) is 0 Å². The van der Waals surface area contributed by atoms with Crippen LogP contribution in [0.2, 0.25) is 5.02 Å². The molecular formula is C21H22ClNO3S. The van der Waals surface area contributed by atoms with Gasteiger partial charge >= 0.3 is 0 Å². The fourth-order valence-corrected chi connectivity index (χ4v) is 3.93. The van der Waals surface area contributed by atoms with Gasteiger partial charge in [-0.15, -0.1) is 11.3 Å². The van der Waals surface area contributed by atoms with Crippen LogP contribution in [0, 0.1) is 6.92 Å². The first-order valence-corrected chi connectivity index (χ1v) is 9.81. The van der Waals surface area contributed by atoms with Crippen molar-refractivity contribution >= 4 is 22.9 Å². The molecule has 0 bridgehead atoms. The predicted molar refractivity (Wildman–Crippen MR) is 110 cm³/mol. The first kappa shape index (κ1) is 19.7. The highest BCUT2D eigenvalue weighted by Gasteiger charge is 2.14. The zero-order valence-electron chi connectivity index (χ0n) is 15.6. The third-order valence-corrected chi connectivity index (χ3v) is 5.67. The van der Waals surface area contributed by atoms with Crippen LogP contribution in [0.1, 0.15) is 16.1 Å². The van der Waals surface area contributed by atoms with Gasteiger partial charge in [0, 0.05) is 16.3 Å². The fourth-order valence-electron chi connectivity index (χ4n) is 2.69. The smallest absolute Gasteiger partial charge is 0.130 e. The van der Waals surface area contributed by atoms with E-state index in [1.165, 1.54) is 4.88 Å². The van der Waals surface area contributed by atoms with Crippen molar-refractivity contribution in [3.8, 4) is 22.1 Å².